The predicted molar refractivity (Wildman–Crippen MR) is 96.2 cm³/mol. The molecule has 0 bridgehead atoms. The molecule has 8 nitrogen and oxygen atoms in total. The van der Waals surface area contributed by atoms with Crippen molar-refractivity contribution in [2.45, 2.75) is 37.6 Å². The minimum atomic E-state index is -0.414. The maximum Gasteiger partial charge on any atom is 0.220 e. The molecule has 0 radical (unpaired) electrons. The number of nitrogen functional groups attached to an aromatic ring is 1. The second-order valence-corrected chi connectivity index (χ2v) is 6.76. The molecule has 1 saturated carbocycles. The molecule has 1 fully saturated rings. The SMILES string of the molecule is NC1=NC(CCc2cnc[nH]2)(CC2CC2)C(c2ccnc(N)n2)=CN1. The summed E-state index contributed by atoms with van der Waals surface area (Å²) in [5, 5.41) is 3.04. The molecule has 130 valence electrons. The third kappa shape index (κ3) is 3.33. The van der Waals surface area contributed by atoms with E-state index in [0.717, 1.165) is 36.2 Å². The zero-order valence-electron chi connectivity index (χ0n) is 13.9. The lowest BCUT2D eigenvalue weighted by Gasteiger charge is -2.35. The largest absolute Gasteiger partial charge is 0.370 e. The van der Waals surface area contributed by atoms with Gasteiger partial charge in [-0.25, -0.2) is 19.9 Å². The molecule has 2 aromatic heterocycles. The smallest absolute Gasteiger partial charge is 0.220 e. The first-order valence-corrected chi connectivity index (χ1v) is 8.53. The normalized spacial score (nSPS) is 22.9. The third-order valence-electron chi connectivity index (χ3n) is 4.84. The summed E-state index contributed by atoms with van der Waals surface area (Å²) in [6, 6.07) is 1.87. The number of guanidine groups is 1. The Bertz CT molecular complexity index is 806. The molecule has 6 N–H and O–H groups in total. The second kappa shape index (κ2) is 6.19. The van der Waals surface area contributed by atoms with Crippen molar-refractivity contribution in [3.63, 3.8) is 0 Å². The number of aliphatic imine (C=N–C) groups is 1. The first kappa shape index (κ1) is 15.6. The number of hydrogen-bond donors (Lipinski definition) is 4. The molecule has 2 aliphatic rings. The number of anilines is 1. The van der Waals surface area contributed by atoms with Crippen molar-refractivity contribution in [2.24, 2.45) is 16.6 Å². The van der Waals surface area contributed by atoms with Gasteiger partial charge in [-0.1, -0.05) is 12.8 Å². The lowest BCUT2D eigenvalue weighted by molar-refractivity contribution is 0.434. The minimum Gasteiger partial charge on any atom is -0.370 e. The van der Waals surface area contributed by atoms with Crippen molar-refractivity contribution in [3.05, 3.63) is 42.4 Å². The van der Waals surface area contributed by atoms with E-state index < -0.39 is 5.54 Å². The van der Waals surface area contributed by atoms with Crippen LogP contribution in [-0.4, -0.2) is 31.4 Å². The van der Waals surface area contributed by atoms with Crippen LogP contribution >= 0.6 is 0 Å². The first-order valence-electron chi connectivity index (χ1n) is 8.53. The molecule has 0 aromatic carbocycles. The molecule has 0 amide bonds. The van der Waals surface area contributed by atoms with Crippen LogP contribution in [0.25, 0.3) is 5.57 Å². The maximum atomic E-state index is 6.04. The van der Waals surface area contributed by atoms with Gasteiger partial charge in [0.2, 0.25) is 5.95 Å². The van der Waals surface area contributed by atoms with Gasteiger partial charge in [0.1, 0.15) is 0 Å². The lowest BCUT2D eigenvalue weighted by Crippen LogP contribution is -2.42. The summed E-state index contributed by atoms with van der Waals surface area (Å²) in [5.74, 6) is 1.38. The van der Waals surface area contributed by atoms with Crippen LogP contribution in [0, 0.1) is 5.92 Å². The summed E-state index contributed by atoms with van der Waals surface area (Å²) in [6.45, 7) is 0. The van der Waals surface area contributed by atoms with E-state index in [4.69, 9.17) is 16.5 Å². The number of aryl methyl sites for hydroxylation is 1. The van der Waals surface area contributed by atoms with E-state index in [-0.39, 0.29) is 5.95 Å². The van der Waals surface area contributed by atoms with Gasteiger partial charge in [0.25, 0.3) is 0 Å². The molecule has 1 unspecified atom stereocenters. The number of rotatable bonds is 6. The van der Waals surface area contributed by atoms with E-state index in [1.807, 2.05) is 18.5 Å². The number of H-pyrrole nitrogens is 1. The number of imidazole rings is 1. The Balaban J connectivity index is 1.70. The van der Waals surface area contributed by atoms with Gasteiger partial charge in [0.15, 0.2) is 5.96 Å². The van der Waals surface area contributed by atoms with Gasteiger partial charge < -0.3 is 21.8 Å². The van der Waals surface area contributed by atoms with Gasteiger partial charge in [-0.05, 0) is 31.2 Å². The van der Waals surface area contributed by atoms with Gasteiger partial charge in [-0.15, -0.1) is 0 Å². The fourth-order valence-corrected chi connectivity index (χ4v) is 3.45. The van der Waals surface area contributed by atoms with E-state index >= 15 is 0 Å². The number of nitrogens with two attached hydrogens (primary N) is 2. The Kier molecular flexibility index (Phi) is 3.87. The Morgan fingerprint density at radius 1 is 1.28 bits per heavy atom. The molecule has 25 heavy (non-hydrogen) atoms. The van der Waals surface area contributed by atoms with Crippen LogP contribution in [0.5, 0.6) is 0 Å². The van der Waals surface area contributed by atoms with Gasteiger partial charge in [-0.2, -0.15) is 0 Å². The van der Waals surface area contributed by atoms with Gasteiger partial charge >= 0.3 is 0 Å². The summed E-state index contributed by atoms with van der Waals surface area (Å²) in [4.78, 5) is 20.6. The molecule has 1 atom stereocenters. The molecule has 1 aliphatic carbocycles. The number of aromatic amines is 1. The second-order valence-electron chi connectivity index (χ2n) is 6.76. The summed E-state index contributed by atoms with van der Waals surface area (Å²) in [5.41, 5.74) is 14.3. The first-order chi connectivity index (χ1) is 12.1. The maximum absolute atomic E-state index is 6.04. The summed E-state index contributed by atoms with van der Waals surface area (Å²) in [7, 11) is 0. The average molecular weight is 338 g/mol. The van der Waals surface area contributed by atoms with Crippen molar-refractivity contribution in [3.8, 4) is 0 Å². The monoisotopic (exact) mass is 338 g/mol. The van der Waals surface area contributed by atoms with Gasteiger partial charge in [0, 0.05) is 29.9 Å². The average Bonchev–Trinajstić information content (AvgIpc) is 3.23. The number of hydrogen-bond acceptors (Lipinski definition) is 7. The van der Waals surface area contributed by atoms with E-state index in [1.54, 1.807) is 12.5 Å². The van der Waals surface area contributed by atoms with E-state index in [2.05, 4.69) is 25.3 Å². The standard InChI is InChI=1S/C17H22N8/c18-15-21-6-4-14(24-15)13-9-22-16(19)25-17(13,7-11-1-2-11)5-3-12-8-20-10-23-12/h4,6,8-11H,1-3,5,7H2,(H,20,23)(H2,18,21,24)(H3,19,22,25). The van der Waals surface area contributed by atoms with Gasteiger partial charge in [0.05, 0.1) is 17.6 Å². The topological polar surface area (TPSA) is 131 Å². The van der Waals surface area contributed by atoms with Crippen molar-refractivity contribution in [2.75, 3.05) is 5.73 Å². The van der Waals surface area contributed by atoms with Crippen LogP contribution in [0.2, 0.25) is 0 Å². The molecule has 3 heterocycles. The van der Waals surface area contributed by atoms with Crippen LogP contribution in [-0.2, 0) is 6.42 Å². The zero-order chi connectivity index (χ0) is 17.3. The van der Waals surface area contributed by atoms with E-state index in [0.29, 0.717) is 11.9 Å². The Hall–Kier alpha value is -2.90. The number of nitrogens with zero attached hydrogens (tertiary/aromatic N) is 4. The number of nitrogens with one attached hydrogen (secondary N) is 2. The van der Waals surface area contributed by atoms with Crippen molar-refractivity contribution >= 4 is 17.5 Å². The van der Waals surface area contributed by atoms with Crippen LogP contribution in [0.4, 0.5) is 5.95 Å². The van der Waals surface area contributed by atoms with E-state index in [1.165, 1.54) is 12.8 Å². The molecule has 0 spiro atoms. The third-order valence-corrected chi connectivity index (χ3v) is 4.84. The fourth-order valence-electron chi connectivity index (χ4n) is 3.45. The van der Waals surface area contributed by atoms with Crippen LogP contribution in [0.15, 0.2) is 36.0 Å². The highest BCUT2D eigenvalue weighted by molar-refractivity contribution is 5.87. The molecular formula is C17H22N8. The van der Waals surface area contributed by atoms with Crippen molar-refractivity contribution in [1.29, 1.82) is 0 Å². The molecular weight excluding hydrogens is 316 g/mol. The van der Waals surface area contributed by atoms with Crippen LogP contribution in [0.1, 0.15) is 37.1 Å². The summed E-state index contributed by atoms with van der Waals surface area (Å²) < 4.78 is 0. The quantitative estimate of drug-likeness (QED) is 0.626. The Morgan fingerprint density at radius 2 is 2.16 bits per heavy atom. The molecule has 8 heteroatoms. The predicted octanol–water partition coefficient (Wildman–Crippen LogP) is 1.21. The molecule has 0 saturated heterocycles. The van der Waals surface area contributed by atoms with E-state index in [9.17, 15) is 0 Å². The summed E-state index contributed by atoms with van der Waals surface area (Å²) >= 11 is 0. The van der Waals surface area contributed by atoms with Gasteiger partial charge in [-0.3, -0.25) is 0 Å². The Labute approximate surface area is 145 Å². The highest BCUT2D eigenvalue weighted by Gasteiger charge is 2.42. The number of aromatic nitrogens is 4. The molecule has 4 rings (SSSR count). The van der Waals surface area contributed by atoms with Crippen LogP contribution < -0.4 is 16.8 Å². The summed E-state index contributed by atoms with van der Waals surface area (Å²) in [6.07, 6.45) is 12.2. The molecule has 1 aliphatic heterocycles. The van der Waals surface area contributed by atoms with Crippen molar-refractivity contribution in [1.82, 2.24) is 25.3 Å². The molecule has 2 aromatic rings. The minimum absolute atomic E-state index is 0.259. The van der Waals surface area contributed by atoms with Crippen LogP contribution in [0.3, 0.4) is 0 Å². The Morgan fingerprint density at radius 3 is 2.88 bits per heavy atom. The highest BCUT2D eigenvalue weighted by atomic mass is 15.1. The van der Waals surface area contributed by atoms with Crippen molar-refractivity contribution < 1.29 is 0 Å². The highest BCUT2D eigenvalue weighted by Crippen LogP contribution is 2.46. The fraction of sp³-hybridized carbons (Fsp3) is 0.412. The lowest BCUT2D eigenvalue weighted by atomic mass is 9.78. The zero-order valence-corrected chi connectivity index (χ0v) is 13.9.